The van der Waals surface area contributed by atoms with Gasteiger partial charge < -0.3 is 10.1 Å². The number of hydrogen-bond acceptors (Lipinski definition) is 5. The molecule has 0 aliphatic rings. The number of carbonyl (C=O) groups is 2. The Morgan fingerprint density at radius 3 is 2.73 bits per heavy atom. The molecule has 2 rings (SSSR count). The molecule has 140 valence electrons. The minimum atomic E-state index is -0.307. The Balaban J connectivity index is 1.85. The van der Waals surface area contributed by atoms with Crippen LogP contribution in [0.5, 0.6) is 0 Å². The molecular weight excluding hydrogens is 350 g/mol. The molecule has 0 aliphatic carbocycles. The van der Waals surface area contributed by atoms with Gasteiger partial charge in [0.25, 0.3) is 0 Å². The van der Waals surface area contributed by atoms with Crippen LogP contribution in [0.4, 0.5) is 0 Å². The van der Waals surface area contributed by atoms with Crippen molar-refractivity contribution in [2.75, 3.05) is 12.3 Å². The molecule has 0 radical (unpaired) electrons. The molecule has 0 aliphatic heterocycles. The number of nitrogens with zero attached hydrogens (tertiary/aromatic N) is 2. The summed E-state index contributed by atoms with van der Waals surface area (Å²) in [7, 11) is 0. The second-order valence-electron chi connectivity index (χ2n) is 6.28. The number of hydrogen-bond donors (Lipinski definition) is 1. The van der Waals surface area contributed by atoms with Gasteiger partial charge >= 0.3 is 5.97 Å². The molecule has 0 saturated carbocycles. The van der Waals surface area contributed by atoms with Crippen LogP contribution >= 0.6 is 11.8 Å². The van der Waals surface area contributed by atoms with Crippen LogP contribution < -0.4 is 5.32 Å². The molecule has 0 atom stereocenters. The Bertz CT molecular complexity index is 771. The SMILES string of the molecule is Cc1ccc(-n2ccnc2SCC(=O)NCCC(=O)OC(C)C)cc1C. The third-order valence-corrected chi connectivity index (χ3v) is 4.69. The van der Waals surface area contributed by atoms with E-state index >= 15 is 0 Å². The predicted molar refractivity (Wildman–Crippen MR) is 103 cm³/mol. The Kier molecular flexibility index (Phi) is 7.26. The van der Waals surface area contributed by atoms with E-state index in [1.807, 2.05) is 16.8 Å². The van der Waals surface area contributed by atoms with Crippen LogP contribution in [0.3, 0.4) is 0 Å². The summed E-state index contributed by atoms with van der Waals surface area (Å²) in [6.07, 6.45) is 3.63. The second-order valence-corrected chi connectivity index (χ2v) is 7.22. The van der Waals surface area contributed by atoms with Crippen molar-refractivity contribution in [1.29, 1.82) is 0 Å². The first-order valence-corrected chi connectivity index (χ1v) is 9.55. The van der Waals surface area contributed by atoms with E-state index in [9.17, 15) is 9.59 Å². The highest BCUT2D eigenvalue weighted by Crippen LogP contribution is 2.21. The van der Waals surface area contributed by atoms with E-state index in [0.717, 1.165) is 10.8 Å². The van der Waals surface area contributed by atoms with E-state index in [0.29, 0.717) is 0 Å². The van der Waals surface area contributed by atoms with Gasteiger partial charge in [0.15, 0.2) is 5.16 Å². The second kappa shape index (κ2) is 9.43. The van der Waals surface area contributed by atoms with E-state index in [1.165, 1.54) is 22.9 Å². The summed E-state index contributed by atoms with van der Waals surface area (Å²) >= 11 is 1.36. The molecule has 26 heavy (non-hydrogen) atoms. The highest BCUT2D eigenvalue weighted by Gasteiger charge is 2.11. The molecule has 7 heteroatoms. The molecular formula is C19H25N3O3S. The minimum absolute atomic E-state index is 0.137. The monoisotopic (exact) mass is 375 g/mol. The fourth-order valence-corrected chi connectivity index (χ4v) is 3.08. The number of aromatic nitrogens is 2. The Morgan fingerprint density at radius 2 is 2.04 bits per heavy atom. The van der Waals surface area contributed by atoms with Crippen LogP contribution in [0.2, 0.25) is 0 Å². The summed E-state index contributed by atoms with van der Waals surface area (Å²) in [5.74, 6) is -0.207. The van der Waals surface area contributed by atoms with Crippen LogP contribution in [-0.2, 0) is 14.3 Å². The zero-order valence-corrected chi connectivity index (χ0v) is 16.4. The zero-order chi connectivity index (χ0) is 19.1. The number of esters is 1. The van der Waals surface area contributed by atoms with Gasteiger partial charge in [-0.2, -0.15) is 0 Å². The molecule has 2 aromatic rings. The molecule has 1 N–H and O–H groups in total. The van der Waals surface area contributed by atoms with Crippen molar-refractivity contribution in [3.63, 3.8) is 0 Å². The van der Waals surface area contributed by atoms with Gasteiger partial charge in [-0.3, -0.25) is 14.2 Å². The third kappa shape index (κ3) is 5.91. The first-order valence-electron chi connectivity index (χ1n) is 8.56. The van der Waals surface area contributed by atoms with Gasteiger partial charge in [-0.25, -0.2) is 4.98 Å². The summed E-state index contributed by atoms with van der Waals surface area (Å²) in [5.41, 5.74) is 3.46. The average molecular weight is 375 g/mol. The number of thioether (sulfide) groups is 1. The largest absolute Gasteiger partial charge is 0.463 e. The van der Waals surface area contributed by atoms with Crippen molar-refractivity contribution >= 4 is 23.6 Å². The molecule has 1 heterocycles. The molecule has 1 aromatic carbocycles. The molecule has 1 aromatic heterocycles. The molecule has 0 fully saturated rings. The standard InChI is InChI=1S/C19H25N3O3S/c1-13(2)25-18(24)7-8-20-17(23)12-26-19-21-9-10-22(19)16-6-5-14(3)15(4)11-16/h5-6,9-11,13H,7-8,12H2,1-4H3,(H,20,23). The van der Waals surface area contributed by atoms with Gasteiger partial charge in [0.1, 0.15) is 0 Å². The van der Waals surface area contributed by atoms with Gasteiger partial charge in [-0.05, 0) is 51.0 Å². The van der Waals surface area contributed by atoms with Gasteiger partial charge in [0.05, 0.1) is 18.3 Å². The van der Waals surface area contributed by atoms with Crippen molar-refractivity contribution in [3.05, 3.63) is 41.7 Å². The van der Waals surface area contributed by atoms with Gasteiger partial charge in [0.2, 0.25) is 5.91 Å². The Labute approximate surface area is 158 Å². The molecule has 0 bridgehead atoms. The van der Waals surface area contributed by atoms with E-state index in [4.69, 9.17) is 4.74 Å². The lowest BCUT2D eigenvalue weighted by Crippen LogP contribution is -2.28. The first kappa shape index (κ1) is 20.0. The van der Waals surface area contributed by atoms with Gasteiger partial charge in [0, 0.05) is 24.6 Å². The first-order chi connectivity index (χ1) is 12.4. The smallest absolute Gasteiger partial charge is 0.307 e. The number of amides is 1. The van der Waals surface area contributed by atoms with Crippen LogP contribution in [0.25, 0.3) is 5.69 Å². The van der Waals surface area contributed by atoms with Crippen LogP contribution in [0.1, 0.15) is 31.4 Å². The van der Waals surface area contributed by atoms with Crippen LogP contribution in [-0.4, -0.2) is 39.8 Å². The van der Waals surface area contributed by atoms with Crippen LogP contribution in [0.15, 0.2) is 35.7 Å². The average Bonchev–Trinajstić information content (AvgIpc) is 3.03. The highest BCUT2D eigenvalue weighted by atomic mass is 32.2. The summed E-state index contributed by atoms with van der Waals surface area (Å²) < 4.78 is 6.99. The molecule has 0 saturated heterocycles. The topological polar surface area (TPSA) is 73.2 Å². The van der Waals surface area contributed by atoms with Gasteiger partial charge in [-0.1, -0.05) is 17.8 Å². The number of imidazole rings is 1. The highest BCUT2D eigenvalue weighted by molar-refractivity contribution is 7.99. The molecule has 0 spiro atoms. The lowest BCUT2D eigenvalue weighted by Gasteiger charge is -2.10. The maximum atomic E-state index is 12.0. The number of nitrogens with one attached hydrogen (secondary N) is 1. The normalized spacial score (nSPS) is 10.8. The molecule has 1 amide bonds. The minimum Gasteiger partial charge on any atom is -0.463 e. The number of rotatable bonds is 8. The predicted octanol–water partition coefficient (Wildman–Crippen LogP) is 3.04. The number of benzene rings is 1. The van der Waals surface area contributed by atoms with E-state index < -0.39 is 0 Å². The summed E-state index contributed by atoms with van der Waals surface area (Å²) in [5, 5.41) is 3.48. The van der Waals surface area contributed by atoms with Crippen molar-refractivity contribution in [2.24, 2.45) is 0 Å². The van der Waals surface area contributed by atoms with E-state index in [1.54, 1.807) is 20.0 Å². The van der Waals surface area contributed by atoms with Crippen molar-refractivity contribution in [3.8, 4) is 5.69 Å². The van der Waals surface area contributed by atoms with E-state index in [-0.39, 0.29) is 36.7 Å². The fraction of sp³-hybridized carbons (Fsp3) is 0.421. The Hall–Kier alpha value is -2.28. The summed E-state index contributed by atoms with van der Waals surface area (Å²) in [6.45, 7) is 8.01. The van der Waals surface area contributed by atoms with Crippen molar-refractivity contribution < 1.29 is 14.3 Å². The zero-order valence-electron chi connectivity index (χ0n) is 15.6. The Morgan fingerprint density at radius 1 is 1.27 bits per heavy atom. The number of carbonyl (C=O) groups excluding carboxylic acids is 2. The van der Waals surface area contributed by atoms with Gasteiger partial charge in [-0.15, -0.1) is 0 Å². The van der Waals surface area contributed by atoms with Crippen molar-refractivity contribution in [2.45, 2.75) is 45.4 Å². The number of ether oxygens (including phenoxy) is 1. The summed E-state index contributed by atoms with van der Waals surface area (Å²) in [6, 6.07) is 6.21. The summed E-state index contributed by atoms with van der Waals surface area (Å²) in [4.78, 5) is 27.7. The fourth-order valence-electron chi connectivity index (χ4n) is 2.28. The maximum absolute atomic E-state index is 12.0. The maximum Gasteiger partial charge on any atom is 0.307 e. The lowest BCUT2D eigenvalue weighted by molar-refractivity contribution is -0.147. The molecule has 0 unspecified atom stereocenters. The number of aryl methyl sites for hydroxylation is 2. The van der Waals surface area contributed by atoms with E-state index in [2.05, 4.69) is 36.3 Å². The quantitative estimate of drug-likeness (QED) is 0.567. The van der Waals surface area contributed by atoms with Crippen LogP contribution in [0, 0.1) is 13.8 Å². The molecule has 6 nitrogen and oxygen atoms in total. The third-order valence-electron chi connectivity index (χ3n) is 3.73. The van der Waals surface area contributed by atoms with Crippen molar-refractivity contribution in [1.82, 2.24) is 14.9 Å². The lowest BCUT2D eigenvalue weighted by atomic mass is 10.1.